The van der Waals surface area contributed by atoms with Gasteiger partial charge in [0.25, 0.3) is 5.91 Å². The fourth-order valence-corrected chi connectivity index (χ4v) is 5.06. The Kier molecular flexibility index (Phi) is 8.86. The van der Waals surface area contributed by atoms with E-state index in [1.807, 2.05) is 30.3 Å². The molecule has 2 aromatic carbocycles. The van der Waals surface area contributed by atoms with Gasteiger partial charge in [0.1, 0.15) is 17.8 Å². The van der Waals surface area contributed by atoms with E-state index in [4.69, 9.17) is 0 Å². The van der Waals surface area contributed by atoms with Gasteiger partial charge in [-0.25, -0.2) is 0 Å². The monoisotopic (exact) mass is 536 g/mol. The number of rotatable bonds is 5. The summed E-state index contributed by atoms with van der Waals surface area (Å²) in [4.78, 5) is 53.2. The summed E-state index contributed by atoms with van der Waals surface area (Å²) in [7, 11) is 0. The lowest BCUT2D eigenvalue weighted by atomic mass is 9.78. The first-order valence-electron chi connectivity index (χ1n) is 13.4. The lowest BCUT2D eigenvalue weighted by molar-refractivity contribution is -0.137. The molecule has 0 radical (unpaired) electrons. The van der Waals surface area contributed by atoms with Gasteiger partial charge in [0.2, 0.25) is 17.7 Å². The van der Waals surface area contributed by atoms with Gasteiger partial charge in [-0.2, -0.15) is 0 Å². The van der Waals surface area contributed by atoms with Gasteiger partial charge in [0.15, 0.2) is 0 Å². The minimum atomic E-state index is -1.27. The smallest absolute Gasteiger partial charge is 0.255 e. The number of aromatic hydroxyl groups is 1. The lowest BCUT2D eigenvalue weighted by Gasteiger charge is -2.37. The van der Waals surface area contributed by atoms with Crippen LogP contribution in [0.5, 0.6) is 5.75 Å². The number of benzene rings is 2. The summed E-state index contributed by atoms with van der Waals surface area (Å²) in [5, 5.41) is 32.5. The van der Waals surface area contributed by atoms with Crippen molar-refractivity contribution in [2.75, 3.05) is 0 Å². The topological polar surface area (TPSA) is 157 Å². The number of aliphatic hydroxyl groups excluding tert-OH is 1. The van der Waals surface area contributed by atoms with Gasteiger partial charge >= 0.3 is 0 Å². The molecule has 208 valence electrons. The fraction of sp³-hybridized carbons (Fsp3) is 0.448. The van der Waals surface area contributed by atoms with Crippen molar-refractivity contribution in [3.63, 3.8) is 0 Å². The van der Waals surface area contributed by atoms with Gasteiger partial charge in [0.05, 0.1) is 29.7 Å². The van der Waals surface area contributed by atoms with Gasteiger partial charge in [-0.15, -0.1) is 0 Å². The number of amides is 4. The molecule has 6 atom stereocenters. The average molecular weight is 537 g/mol. The summed E-state index contributed by atoms with van der Waals surface area (Å²) < 4.78 is 0. The molecule has 1 aliphatic heterocycles. The minimum Gasteiger partial charge on any atom is -0.507 e. The number of phenols is 1. The second-order valence-electron chi connectivity index (χ2n) is 10.5. The normalized spacial score (nSPS) is 28.5. The zero-order chi connectivity index (χ0) is 28.1. The second-order valence-corrected chi connectivity index (χ2v) is 10.5. The first kappa shape index (κ1) is 28.1. The highest BCUT2D eigenvalue weighted by atomic mass is 16.3. The van der Waals surface area contributed by atoms with Crippen LogP contribution in [-0.4, -0.2) is 64.1 Å². The molecule has 2 fully saturated rings. The van der Waals surface area contributed by atoms with Crippen molar-refractivity contribution < 1.29 is 29.4 Å². The third-order valence-corrected chi connectivity index (χ3v) is 7.75. The number of phenolic OH excluding ortho intramolecular Hbond substituents is 1. The Morgan fingerprint density at radius 2 is 1.56 bits per heavy atom. The van der Waals surface area contributed by atoms with Crippen molar-refractivity contribution in [1.29, 1.82) is 0 Å². The van der Waals surface area contributed by atoms with Crippen LogP contribution >= 0.6 is 0 Å². The Hall–Kier alpha value is -3.92. The maximum absolute atomic E-state index is 13.7. The van der Waals surface area contributed by atoms with Crippen LogP contribution in [0.1, 0.15) is 49.0 Å². The molecule has 1 heterocycles. The molecule has 0 spiro atoms. The molecule has 0 aromatic heterocycles. The van der Waals surface area contributed by atoms with Gasteiger partial charge < -0.3 is 31.5 Å². The van der Waals surface area contributed by atoms with Crippen molar-refractivity contribution in [2.45, 2.75) is 69.8 Å². The first-order valence-corrected chi connectivity index (χ1v) is 13.4. The van der Waals surface area contributed by atoms with E-state index in [2.05, 4.69) is 21.3 Å². The molecule has 6 unspecified atom stereocenters. The predicted molar refractivity (Wildman–Crippen MR) is 143 cm³/mol. The molecule has 39 heavy (non-hydrogen) atoms. The van der Waals surface area contributed by atoms with Crippen molar-refractivity contribution in [3.05, 3.63) is 65.7 Å². The molecule has 1 saturated carbocycles. The van der Waals surface area contributed by atoms with E-state index in [0.29, 0.717) is 0 Å². The number of hydrogen-bond acceptors (Lipinski definition) is 6. The predicted octanol–water partition coefficient (Wildman–Crippen LogP) is 1.02. The molecule has 1 aliphatic carbocycles. The van der Waals surface area contributed by atoms with Crippen molar-refractivity contribution in [3.8, 4) is 5.75 Å². The molecule has 6 N–H and O–H groups in total. The Bertz CT molecular complexity index is 1200. The van der Waals surface area contributed by atoms with Gasteiger partial charge in [-0.05, 0) is 49.8 Å². The molecule has 10 nitrogen and oxygen atoms in total. The van der Waals surface area contributed by atoms with E-state index in [-0.39, 0.29) is 23.7 Å². The molecular weight excluding hydrogens is 500 g/mol. The number of carbonyl (C=O) groups is 4. The zero-order valence-corrected chi connectivity index (χ0v) is 22.1. The number of carbonyl (C=O) groups excluding carboxylic acids is 4. The second kappa shape index (κ2) is 12.3. The van der Waals surface area contributed by atoms with Crippen LogP contribution in [0.25, 0.3) is 0 Å². The van der Waals surface area contributed by atoms with Crippen LogP contribution in [0.3, 0.4) is 0 Å². The standard InChI is InChI=1S/C29H36N4O6/c1-16-25(35)21(15-18-9-4-3-5-10-18)31-28(38)23(32-27(37)20-13-6-7-14-22(20)34)17(2)30-29(39)24(33-26(16)36)19-11-8-12-19/h3-7,9-10,13-14,16-17,19,21,23-25,34-35H,8,11-12,15H2,1-2H3,(H,30,39)(H,31,38)(H,32,37)(H,33,36). The Morgan fingerprint density at radius 3 is 2.21 bits per heavy atom. The SMILES string of the molecule is CC1NC(=O)C(C2CCC2)NC(=O)C(C)C(O)C(Cc2ccccc2)NC(=O)C1NC(=O)c1ccccc1O. The van der Waals surface area contributed by atoms with E-state index in [0.717, 1.165) is 24.8 Å². The van der Waals surface area contributed by atoms with Crippen LogP contribution < -0.4 is 21.3 Å². The number of hydrogen-bond donors (Lipinski definition) is 6. The average Bonchev–Trinajstić information content (AvgIpc) is 2.89. The molecule has 2 aromatic rings. The molecule has 4 amide bonds. The zero-order valence-electron chi connectivity index (χ0n) is 22.1. The van der Waals surface area contributed by atoms with Crippen LogP contribution in [0.4, 0.5) is 0 Å². The fourth-order valence-electron chi connectivity index (χ4n) is 5.06. The molecule has 4 rings (SSSR count). The third-order valence-electron chi connectivity index (χ3n) is 7.75. The highest BCUT2D eigenvalue weighted by Gasteiger charge is 2.41. The van der Waals surface area contributed by atoms with Gasteiger partial charge in [-0.3, -0.25) is 19.2 Å². The van der Waals surface area contributed by atoms with Crippen LogP contribution in [-0.2, 0) is 20.8 Å². The molecule has 2 aliphatic rings. The molecular formula is C29H36N4O6. The number of aliphatic hydroxyl groups is 1. The van der Waals surface area contributed by atoms with Crippen molar-refractivity contribution >= 4 is 23.6 Å². The summed E-state index contributed by atoms with van der Waals surface area (Å²) in [6.07, 6.45) is 1.45. The summed E-state index contributed by atoms with van der Waals surface area (Å²) in [6, 6.07) is 11.4. The summed E-state index contributed by atoms with van der Waals surface area (Å²) in [6.45, 7) is 3.15. The molecule has 10 heteroatoms. The first-order chi connectivity index (χ1) is 18.7. The Balaban J connectivity index is 1.67. The summed E-state index contributed by atoms with van der Waals surface area (Å²) in [5.41, 5.74) is 0.814. The van der Waals surface area contributed by atoms with E-state index in [1.165, 1.54) is 12.1 Å². The number of para-hydroxylation sites is 1. The molecule has 0 bridgehead atoms. The van der Waals surface area contributed by atoms with E-state index < -0.39 is 59.8 Å². The molecule has 1 saturated heterocycles. The lowest BCUT2D eigenvalue weighted by Crippen LogP contribution is -2.64. The van der Waals surface area contributed by atoms with Gasteiger partial charge in [-0.1, -0.05) is 55.8 Å². The number of nitrogens with one attached hydrogen (secondary N) is 4. The summed E-state index contributed by atoms with van der Waals surface area (Å²) in [5.74, 6) is -3.51. The highest BCUT2D eigenvalue weighted by molar-refractivity contribution is 6.00. The van der Waals surface area contributed by atoms with E-state index >= 15 is 0 Å². The van der Waals surface area contributed by atoms with Gasteiger partial charge in [0, 0.05) is 0 Å². The quantitative estimate of drug-likeness (QED) is 0.335. The van der Waals surface area contributed by atoms with Crippen LogP contribution in [0.15, 0.2) is 54.6 Å². The van der Waals surface area contributed by atoms with E-state index in [1.54, 1.807) is 26.0 Å². The largest absolute Gasteiger partial charge is 0.507 e. The Morgan fingerprint density at radius 1 is 0.897 bits per heavy atom. The van der Waals surface area contributed by atoms with E-state index in [9.17, 15) is 29.4 Å². The Labute approximate surface area is 227 Å². The van der Waals surface area contributed by atoms with Crippen LogP contribution in [0.2, 0.25) is 0 Å². The van der Waals surface area contributed by atoms with Crippen molar-refractivity contribution in [2.24, 2.45) is 11.8 Å². The van der Waals surface area contributed by atoms with Crippen molar-refractivity contribution in [1.82, 2.24) is 21.3 Å². The van der Waals surface area contributed by atoms with Crippen LogP contribution in [0, 0.1) is 11.8 Å². The highest BCUT2D eigenvalue weighted by Crippen LogP contribution is 2.30. The maximum Gasteiger partial charge on any atom is 0.255 e. The third kappa shape index (κ3) is 6.57. The minimum absolute atomic E-state index is 0.0240. The maximum atomic E-state index is 13.7. The summed E-state index contributed by atoms with van der Waals surface area (Å²) >= 11 is 0.